The molecule has 0 spiro atoms. The Hall–Kier alpha value is -3.49. The second-order valence-corrected chi connectivity index (χ2v) is 7.09. The standard InChI is InChI=1S/C20H16F2N6O/c21-20(22)4-7-27(8-5-20)19(29)14-1-2-15-16(9-14)26-17(11-23-15)13-3-6-28-18(10-13)24-12-25-28/h1-3,6,9-12H,4-5,7-8H2. The second-order valence-electron chi connectivity index (χ2n) is 7.09. The van der Waals surface area contributed by atoms with Crippen molar-refractivity contribution in [3.63, 3.8) is 0 Å². The number of likely N-dealkylation sites (tertiary alicyclic amines) is 1. The highest BCUT2D eigenvalue weighted by Gasteiger charge is 2.35. The van der Waals surface area contributed by atoms with Crippen molar-refractivity contribution in [2.45, 2.75) is 18.8 Å². The first-order valence-corrected chi connectivity index (χ1v) is 9.22. The molecule has 9 heteroatoms. The molecule has 1 aliphatic heterocycles. The molecule has 3 aromatic heterocycles. The largest absolute Gasteiger partial charge is 0.338 e. The van der Waals surface area contributed by atoms with E-state index in [2.05, 4.69) is 20.1 Å². The molecule has 7 nitrogen and oxygen atoms in total. The maximum Gasteiger partial charge on any atom is 0.253 e. The zero-order chi connectivity index (χ0) is 20.0. The van der Waals surface area contributed by atoms with Gasteiger partial charge in [-0.25, -0.2) is 23.3 Å². The quantitative estimate of drug-likeness (QED) is 0.522. The van der Waals surface area contributed by atoms with Gasteiger partial charge in [-0.15, -0.1) is 0 Å². The first kappa shape index (κ1) is 17.6. The summed E-state index contributed by atoms with van der Waals surface area (Å²) >= 11 is 0. The number of hydrogen-bond donors (Lipinski definition) is 0. The molecule has 29 heavy (non-hydrogen) atoms. The number of benzene rings is 1. The van der Waals surface area contributed by atoms with Gasteiger partial charge in [0.25, 0.3) is 11.8 Å². The Kier molecular flexibility index (Phi) is 3.97. The minimum Gasteiger partial charge on any atom is -0.338 e. The number of fused-ring (bicyclic) bond motifs is 2. The summed E-state index contributed by atoms with van der Waals surface area (Å²) in [7, 11) is 0. The Morgan fingerprint density at radius 3 is 2.69 bits per heavy atom. The predicted octanol–water partition coefficient (Wildman–Crippen LogP) is 3.21. The van der Waals surface area contributed by atoms with Crippen molar-refractivity contribution in [3.8, 4) is 11.3 Å². The smallest absolute Gasteiger partial charge is 0.253 e. The third-order valence-electron chi connectivity index (χ3n) is 5.15. The molecule has 4 aromatic rings. The van der Waals surface area contributed by atoms with Crippen molar-refractivity contribution in [1.29, 1.82) is 0 Å². The predicted molar refractivity (Wildman–Crippen MR) is 102 cm³/mol. The zero-order valence-electron chi connectivity index (χ0n) is 15.3. The second kappa shape index (κ2) is 6.54. The summed E-state index contributed by atoms with van der Waals surface area (Å²) in [6.07, 6.45) is 4.32. The third-order valence-corrected chi connectivity index (χ3v) is 5.15. The fraction of sp³-hybridized carbons (Fsp3) is 0.250. The van der Waals surface area contributed by atoms with Crippen LogP contribution >= 0.6 is 0 Å². The topological polar surface area (TPSA) is 76.3 Å². The first-order chi connectivity index (χ1) is 14.0. The molecule has 1 aromatic carbocycles. The molecule has 0 aliphatic carbocycles. The highest BCUT2D eigenvalue weighted by Crippen LogP contribution is 2.29. The molecule has 0 radical (unpaired) electrons. The van der Waals surface area contributed by atoms with Crippen molar-refractivity contribution < 1.29 is 13.6 Å². The zero-order valence-corrected chi connectivity index (χ0v) is 15.3. The molecule has 0 bridgehead atoms. The van der Waals surface area contributed by atoms with Gasteiger partial charge < -0.3 is 4.90 Å². The molecule has 0 saturated carbocycles. The minimum absolute atomic E-state index is 0.0496. The minimum atomic E-state index is -2.69. The Balaban J connectivity index is 1.47. The highest BCUT2D eigenvalue weighted by molar-refractivity contribution is 5.97. The summed E-state index contributed by atoms with van der Waals surface area (Å²) in [6.45, 7) is 0.0991. The lowest BCUT2D eigenvalue weighted by Crippen LogP contribution is -2.42. The van der Waals surface area contributed by atoms with Crippen LogP contribution in [0.5, 0.6) is 0 Å². The molecule has 1 saturated heterocycles. The Bertz CT molecular complexity index is 1230. The molecular weight excluding hydrogens is 378 g/mol. The summed E-state index contributed by atoms with van der Waals surface area (Å²) in [5.74, 6) is -2.95. The maximum absolute atomic E-state index is 13.4. The molecule has 146 valence electrons. The molecule has 0 N–H and O–H groups in total. The van der Waals surface area contributed by atoms with Gasteiger partial charge >= 0.3 is 0 Å². The fourth-order valence-electron chi connectivity index (χ4n) is 3.48. The summed E-state index contributed by atoms with van der Waals surface area (Å²) in [5.41, 5.74) is 3.80. The van der Waals surface area contributed by atoms with E-state index in [0.29, 0.717) is 27.9 Å². The lowest BCUT2D eigenvalue weighted by molar-refractivity contribution is -0.0494. The number of rotatable bonds is 2. The number of carbonyl (C=O) groups is 1. The third kappa shape index (κ3) is 3.28. The lowest BCUT2D eigenvalue weighted by atomic mass is 10.1. The van der Waals surface area contributed by atoms with E-state index < -0.39 is 5.92 Å². The van der Waals surface area contributed by atoms with E-state index in [1.807, 2.05) is 12.1 Å². The Morgan fingerprint density at radius 2 is 1.86 bits per heavy atom. The van der Waals surface area contributed by atoms with Crippen molar-refractivity contribution in [3.05, 3.63) is 54.6 Å². The average molecular weight is 394 g/mol. The van der Waals surface area contributed by atoms with Crippen molar-refractivity contribution >= 4 is 22.6 Å². The fourth-order valence-corrected chi connectivity index (χ4v) is 3.48. The van der Waals surface area contributed by atoms with Crippen LogP contribution in [0.2, 0.25) is 0 Å². The molecule has 0 atom stereocenters. The van der Waals surface area contributed by atoms with E-state index in [4.69, 9.17) is 0 Å². The van der Waals surface area contributed by atoms with Gasteiger partial charge in [0.15, 0.2) is 5.65 Å². The monoisotopic (exact) mass is 394 g/mol. The van der Waals surface area contributed by atoms with Crippen LogP contribution < -0.4 is 0 Å². The molecule has 4 heterocycles. The van der Waals surface area contributed by atoms with E-state index in [1.54, 1.807) is 35.1 Å². The van der Waals surface area contributed by atoms with E-state index in [1.165, 1.54) is 11.2 Å². The van der Waals surface area contributed by atoms with Crippen LogP contribution in [-0.4, -0.2) is 54.4 Å². The van der Waals surface area contributed by atoms with Crippen molar-refractivity contribution in [2.24, 2.45) is 0 Å². The van der Waals surface area contributed by atoms with Gasteiger partial charge in [-0.05, 0) is 30.3 Å². The normalized spacial score (nSPS) is 16.4. The van der Waals surface area contributed by atoms with Crippen LogP contribution in [0.3, 0.4) is 0 Å². The molecule has 1 aliphatic rings. The number of amides is 1. The SMILES string of the molecule is O=C(c1ccc2ncc(-c3ccn4ncnc4c3)nc2c1)N1CCC(F)(F)CC1. The van der Waals surface area contributed by atoms with Crippen LogP contribution in [0, 0.1) is 0 Å². The summed E-state index contributed by atoms with van der Waals surface area (Å²) in [4.78, 5) is 27.4. The summed E-state index contributed by atoms with van der Waals surface area (Å²) < 4.78 is 28.4. The van der Waals surface area contributed by atoms with Crippen molar-refractivity contribution in [2.75, 3.05) is 13.1 Å². The van der Waals surface area contributed by atoms with Crippen LogP contribution in [0.1, 0.15) is 23.2 Å². The number of aromatic nitrogens is 5. The number of piperidine rings is 1. The molecule has 1 fully saturated rings. The number of carbonyl (C=O) groups excluding carboxylic acids is 1. The summed E-state index contributed by atoms with van der Waals surface area (Å²) in [5, 5.41) is 4.07. The molecule has 1 amide bonds. The van der Waals surface area contributed by atoms with Gasteiger partial charge in [-0.2, -0.15) is 5.10 Å². The summed E-state index contributed by atoms with van der Waals surface area (Å²) in [6, 6.07) is 8.76. The molecule has 0 unspecified atom stereocenters. The lowest BCUT2D eigenvalue weighted by Gasteiger charge is -2.31. The number of hydrogen-bond acceptors (Lipinski definition) is 5. The van der Waals surface area contributed by atoms with Crippen LogP contribution in [0.25, 0.3) is 27.9 Å². The van der Waals surface area contributed by atoms with E-state index in [0.717, 1.165) is 5.56 Å². The van der Waals surface area contributed by atoms with E-state index >= 15 is 0 Å². The number of alkyl halides is 2. The van der Waals surface area contributed by atoms with Gasteiger partial charge in [0.05, 0.1) is 22.9 Å². The first-order valence-electron chi connectivity index (χ1n) is 9.22. The van der Waals surface area contributed by atoms with Crippen molar-refractivity contribution in [1.82, 2.24) is 29.5 Å². The maximum atomic E-state index is 13.4. The number of nitrogens with zero attached hydrogens (tertiary/aromatic N) is 6. The van der Waals surface area contributed by atoms with Crippen LogP contribution in [-0.2, 0) is 0 Å². The average Bonchev–Trinajstić information content (AvgIpc) is 3.20. The Morgan fingerprint density at radius 1 is 1.03 bits per heavy atom. The number of pyridine rings is 1. The van der Waals surface area contributed by atoms with Gasteiger partial charge in [-0.3, -0.25) is 9.78 Å². The highest BCUT2D eigenvalue weighted by atomic mass is 19.3. The van der Waals surface area contributed by atoms with Crippen LogP contribution in [0.15, 0.2) is 49.1 Å². The Labute approximate surface area is 164 Å². The van der Waals surface area contributed by atoms with Gasteiger partial charge in [-0.1, -0.05) is 0 Å². The van der Waals surface area contributed by atoms with Crippen LogP contribution in [0.4, 0.5) is 8.78 Å². The van der Waals surface area contributed by atoms with E-state index in [9.17, 15) is 13.6 Å². The van der Waals surface area contributed by atoms with Gasteiger partial charge in [0.1, 0.15) is 6.33 Å². The molecule has 5 rings (SSSR count). The van der Waals surface area contributed by atoms with Gasteiger partial charge in [0, 0.05) is 43.3 Å². The van der Waals surface area contributed by atoms with E-state index in [-0.39, 0.29) is 31.8 Å². The molecular formula is C20H16F2N6O. The number of halogens is 2. The van der Waals surface area contributed by atoms with Gasteiger partial charge in [0.2, 0.25) is 0 Å².